The van der Waals surface area contributed by atoms with Crippen molar-refractivity contribution in [1.29, 1.82) is 0 Å². The van der Waals surface area contributed by atoms with E-state index in [1.54, 1.807) is 6.07 Å². The summed E-state index contributed by atoms with van der Waals surface area (Å²) in [5.74, 6) is -0.737. The summed E-state index contributed by atoms with van der Waals surface area (Å²) in [6, 6.07) is 4.93. The molecule has 1 atom stereocenters. The lowest BCUT2D eigenvalue weighted by Gasteiger charge is -2.28. The van der Waals surface area contributed by atoms with E-state index in [2.05, 4.69) is 15.6 Å². The number of amides is 3. The summed E-state index contributed by atoms with van der Waals surface area (Å²) in [5, 5.41) is 4.74. The molecular formula is C21H24ClF4N5O3. The number of hydrogen-bond donors (Lipinski definition) is 3. The fourth-order valence-electron chi connectivity index (χ4n) is 2.84. The fraction of sp³-hybridized carbons (Fsp3) is 0.381. The molecule has 0 fully saturated rings. The Bertz CT molecular complexity index is 976. The van der Waals surface area contributed by atoms with E-state index in [9.17, 15) is 27.2 Å². The average Bonchev–Trinajstić information content (AvgIpc) is 2.79. The van der Waals surface area contributed by atoms with E-state index in [0.717, 1.165) is 12.1 Å². The molecule has 0 spiro atoms. The number of halogens is 5. The molecule has 3 amide bonds. The third-order valence-electron chi connectivity index (χ3n) is 4.80. The number of nitrogens with zero attached hydrogens (tertiary/aromatic N) is 2. The van der Waals surface area contributed by atoms with Gasteiger partial charge in [0, 0.05) is 19.8 Å². The van der Waals surface area contributed by atoms with Gasteiger partial charge in [-0.2, -0.15) is 13.2 Å². The van der Waals surface area contributed by atoms with Gasteiger partial charge in [0.05, 0.1) is 16.6 Å². The number of anilines is 1. The Morgan fingerprint density at radius 2 is 2.00 bits per heavy atom. The molecule has 0 radical (unpaired) electrons. The maximum absolute atomic E-state index is 13.6. The molecule has 2 aromatic rings. The largest absolute Gasteiger partial charge is 0.447 e. The van der Waals surface area contributed by atoms with Crippen molar-refractivity contribution in [3.05, 3.63) is 58.5 Å². The first-order valence-electron chi connectivity index (χ1n) is 10.1. The molecule has 186 valence electrons. The number of nitrogens with one attached hydrogen (secondary N) is 2. The van der Waals surface area contributed by atoms with Gasteiger partial charge in [0.15, 0.2) is 0 Å². The zero-order chi connectivity index (χ0) is 25.3. The summed E-state index contributed by atoms with van der Waals surface area (Å²) < 4.78 is 56.5. The monoisotopic (exact) mass is 505 g/mol. The highest BCUT2D eigenvalue weighted by Crippen LogP contribution is 2.28. The number of urea groups is 1. The van der Waals surface area contributed by atoms with Crippen LogP contribution in [0.5, 0.6) is 0 Å². The number of nitrogens with two attached hydrogens (primary N) is 1. The van der Waals surface area contributed by atoms with Crippen LogP contribution < -0.4 is 16.4 Å². The standard InChI is InChI=1S/C21H24ClF4N5O3/c1-31(19(32)29-10-13-4-2-6-16(23)18(13)22)15(5-3-9-27)12-34-20(33)30-17-8-7-14(11-28-17)21(24,25)26/h2,4,6-8,11,15H,3,5,9-10,12,27H2,1H3,(H,29,32)(H,28,30,33)/t15-/m1/s1. The van der Waals surface area contributed by atoms with Crippen LogP contribution in [0, 0.1) is 5.82 Å². The van der Waals surface area contributed by atoms with Gasteiger partial charge in [-0.1, -0.05) is 23.7 Å². The fourth-order valence-corrected chi connectivity index (χ4v) is 3.03. The second-order valence-electron chi connectivity index (χ2n) is 7.22. The molecule has 0 aliphatic carbocycles. The summed E-state index contributed by atoms with van der Waals surface area (Å²) in [6.45, 7) is 0.105. The predicted molar refractivity (Wildman–Crippen MR) is 118 cm³/mol. The number of hydrogen-bond acceptors (Lipinski definition) is 5. The Balaban J connectivity index is 1.92. The Morgan fingerprint density at radius 1 is 1.26 bits per heavy atom. The van der Waals surface area contributed by atoms with E-state index >= 15 is 0 Å². The first kappa shape index (κ1) is 27.1. The Labute approximate surface area is 198 Å². The molecule has 1 heterocycles. The normalized spacial score (nSPS) is 12.1. The van der Waals surface area contributed by atoms with E-state index in [1.807, 2.05) is 0 Å². The number of likely N-dealkylation sites (N-methyl/N-ethyl adjacent to an activating group) is 1. The highest BCUT2D eigenvalue weighted by Gasteiger charge is 2.30. The first-order valence-corrected chi connectivity index (χ1v) is 10.5. The second kappa shape index (κ2) is 12.4. The predicted octanol–water partition coefficient (Wildman–Crippen LogP) is 4.39. The number of aromatic nitrogens is 1. The van der Waals surface area contributed by atoms with E-state index in [-0.39, 0.29) is 24.0 Å². The topological polar surface area (TPSA) is 110 Å². The summed E-state index contributed by atoms with van der Waals surface area (Å²) in [5.41, 5.74) is 4.97. The number of rotatable bonds is 9. The van der Waals surface area contributed by atoms with Crippen LogP contribution in [-0.4, -0.2) is 48.2 Å². The lowest BCUT2D eigenvalue weighted by Crippen LogP contribution is -2.46. The van der Waals surface area contributed by atoms with Crippen molar-refractivity contribution in [3.8, 4) is 0 Å². The zero-order valence-corrected chi connectivity index (χ0v) is 18.9. The third-order valence-corrected chi connectivity index (χ3v) is 5.22. The van der Waals surface area contributed by atoms with Gasteiger partial charge in [-0.3, -0.25) is 5.32 Å². The van der Waals surface area contributed by atoms with Crippen molar-refractivity contribution >= 4 is 29.5 Å². The number of carbonyl (C=O) groups excluding carboxylic acids is 2. The van der Waals surface area contributed by atoms with E-state index in [1.165, 1.54) is 24.1 Å². The lowest BCUT2D eigenvalue weighted by atomic mass is 10.1. The molecule has 0 aliphatic heterocycles. The van der Waals surface area contributed by atoms with Crippen molar-refractivity contribution in [2.45, 2.75) is 31.6 Å². The van der Waals surface area contributed by atoms with Gasteiger partial charge < -0.3 is 20.7 Å². The number of pyridine rings is 1. The van der Waals surface area contributed by atoms with Gasteiger partial charge in [-0.25, -0.2) is 19.0 Å². The van der Waals surface area contributed by atoms with Crippen LogP contribution in [0.3, 0.4) is 0 Å². The van der Waals surface area contributed by atoms with Gasteiger partial charge >= 0.3 is 18.3 Å². The zero-order valence-electron chi connectivity index (χ0n) is 18.2. The maximum atomic E-state index is 13.6. The molecule has 1 aromatic carbocycles. The summed E-state index contributed by atoms with van der Waals surface area (Å²) in [4.78, 5) is 29.5. The van der Waals surface area contributed by atoms with Crippen LogP contribution in [-0.2, 0) is 17.5 Å². The van der Waals surface area contributed by atoms with E-state index < -0.39 is 35.7 Å². The van der Waals surface area contributed by atoms with Crippen molar-refractivity contribution in [2.24, 2.45) is 5.73 Å². The van der Waals surface area contributed by atoms with Crippen molar-refractivity contribution in [3.63, 3.8) is 0 Å². The smallest absolute Gasteiger partial charge is 0.417 e. The minimum absolute atomic E-state index is 0.0235. The molecule has 2 rings (SSSR count). The Kier molecular flexibility index (Phi) is 9.87. The second-order valence-corrected chi connectivity index (χ2v) is 7.60. The van der Waals surface area contributed by atoms with Crippen molar-refractivity contribution in [1.82, 2.24) is 15.2 Å². The summed E-state index contributed by atoms with van der Waals surface area (Å²) in [6.07, 6.45) is -3.97. The highest BCUT2D eigenvalue weighted by molar-refractivity contribution is 6.31. The van der Waals surface area contributed by atoms with Gasteiger partial charge in [-0.05, 0) is 43.1 Å². The SMILES string of the molecule is CN(C(=O)NCc1cccc(F)c1Cl)[C@H](CCCN)COC(=O)Nc1ccc(C(F)(F)F)cn1. The number of alkyl halides is 3. The van der Waals surface area contributed by atoms with Crippen molar-refractivity contribution in [2.75, 3.05) is 25.5 Å². The minimum Gasteiger partial charge on any atom is -0.447 e. The summed E-state index contributed by atoms with van der Waals surface area (Å²) in [7, 11) is 1.49. The van der Waals surface area contributed by atoms with Crippen LogP contribution in [0.1, 0.15) is 24.0 Å². The molecule has 0 bridgehead atoms. The average molecular weight is 506 g/mol. The molecular weight excluding hydrogens is 482 g/mol. The third kappa shape index (κ3) is 8.03. The number of benzene rings is 1. The molecule has 0 unspecified atom stereocenters. The number of carbonyl (C=O) groups is 2. The van der Waals surface area contributed by atoms with Crippen LogP contribution in [0.4, 0.5) is 33.0 Å². The maximum Gasteiger partial charge on any atom is 0.417 e. The molecule has 4 N–H and O–H groups in total. The minimum atomic E-state index is -4.55. The first-order chi connectivity index (χ1) is 16.0. The van der Waals surface area contributed by atoms with Crippen molar-refractivity contribution < 1.29 is 31.9 Å². The molecule has 34 heavy (non-hydrogen) atoms. The van der Waals surface area contributed by atoms with Gasteiger partial charge in [0.1, 0.15) is 18.2 Å². The number of ether oxygens (including phenoxy) is 1. The van der Waals surface area contributed by atoms with Crippen LogP contribution >= 0.6 is 11.6 Å². The Hall–Kier alpha value is -3.12. The quantitative estimate of drug-likeness (QED) is 0.438. The molecule has 13 heteroatoms. The van der Waals surface area contributed by atoms with E-state index in [0.29, 0.717) is 31.1 Å². The molecule has 8 nitrogen and oxygen atoms in total. The van der Waals surface area contributed by atoms with Gasteiger partial charge in [0.25, 0.3) is 0 Å². The lowest BCUT2D eigenvalue weighted by molar-refractivity contribution is -0.137. The molecule has 0 saturated heterocycles. The van der Waals surface area contributed by atoms with Gasteiger partial charge in [0.2, 0.25) is 0 Å². The van der Waals surface area contributed by atoms with E-state index in [4.69, 9.17) is 22.1 Å². The van der Waals surface area contributed by atoms with Crippen LogP contribution in [0.2, 0.25) is 5.02 Å². The summed E-state index contributed by atoms with van der Waals surface area (Å²) >= 11 is 5.89. The van der Waals surface area contributed by atoms with Crippen LogP contribution in [0.25, 0.3) is 0 Å². The highest BCUT2D eigenvalue weighted by atomic mass is 35.5. The molecule has 0 aliphatic rings. The Morgan fingerprint density at radius 3 is 2.62 bits per heavy atom. The van der Waals surface area contributed by atoms with Gasteiger partial charge in [-0.15, -0.1) is 0 Å². The molecule has 0 saturated carbocycles. The van der Waals surface area contributed by atoms with Crippen LogP contribution in [0.15, 0.2) is 36.5 Å². The molecule has 1 aromatic heterocycles.